The van der Waals surface area contributed by atoms with Gasteiger partial charge < -0.3 is 10.1 Å². The van der Waals surface area contributed by atoms with Gasteiger partial charge in [0.1, 0.15) is 5.82 Å². The number of hydrogen-bond donors (Lipinski definition) is 1. The van der Waals surface area contributed by atoms with Gasteiger partial charge in [-0.1, -0.05) is 0 Å². The van der Waals surface area contributed by atoms with E-state index in [1.807, 2.05) is 0 Å². The van der Waals surface area contributed by atoms with Crippen molar-refractivity contribution in [1.82, 2.24) is 14.9 Å². The maximum absolute atomic E-state index is 5.78. The van der Waals surface area contributed by atoms with E-state index in [0.29, 0.717) is 0 Å². The third kappa shape index (κ3) is 4.05. The maximum Gasteiger partial charge on any atom is 0.224 e. The summed E-state index contributed by atoms with van der Waals surface area (Å²) in [5.41, 5.74) is 0. The van der Waals surface area contributed by atoms with Crippen LogP contribution >= 0.6 is 27.5 Å². The second-order valence-electron chi connectivity index (χ2n) is 4.29. The van der Waals surface area contributed by atoms with E-state index in [9.17, 15) is 0 Å². The Morgan fingerprint density at radius 1 is 1.56 bits per heavy atom. The second-order valence-corrected chi connectivity index (χ2v) is 5.49. The molecule has 1 saturated heterocycles. The first kappa shape index (κ1) is 14.0. The highest BCUT2D eigenvalue weighted by Crippen LogP contribution is 2.20. The number of halogens is 2. The second kappa shape index (κ2) is 6.65. The van der Waals surface area contributed by atoms with Crippen LogP contribution in [0.25, 0.3) is 0 Å². The lowest BCUT2D eigenvalue weighted by molar-refractivity contribution is 0.0368. The zero-order valence-corrected chi connectivity index (χ0v) is 12.5. The van der Waals surface area contributed by atoms with Gasteiger partial charge in [0.15, 0.2) is 0 Å². The number of nitrogens with zero attached hydrogens (tertiary/aromatic N) is 3. The third-order valence-corrected chi connectivity index (χ3v) is 3.50. The molecule has 0 aliphatic carbocycles. The first-order valence-corrected chi connectivity index (χ1v) is 7.07. The summed E-state index contributed by atoms with van der Waals surface area (Å²) in [6, 6.07) is 0.283. The summed E-state index contributed by atoms with van der Waals surface area (Å²) in [6.45, 7) is 6.68. The lowest BCUT2D eigenvalue weighted by Gasteiger charge is -2.29. The van der Waals surface area contributed by atoms with E-state index in [1.54, 1.807) is 6.20 Å². The number of rotatable bonds is 4. The van der Waals surface area contributed by atoms with Gasteiger partial charge in [0.25, 0.3) is 0 Å². The molecule has 2 rings (SSSR count). The lowest BCUT2D eigenvalue weighted by Crippen LogP contribution is -2.42. The van der Waals surface area contributed by atoms with Crippen molar-refractivity contribution in [2.45, 2.75) is 13.0 Å². The molecule has 1 fully saturated rings. The van der Waals surface area contributed by atoms with Crippen LogP contribution < -0.4 is 5.32 Å². The Morgan fingerprint density at radius 3 is 3.00 bits per heavy atom. The van der Waals surface area contributed by atoms with E-state index in [0.717, 1.165) is 43.1 Å². The topological polar surface area (TPSA) is 50.3 Å². The van der Waals surface area contributed by atoms with Crippen LogP contribution in [0.5, 0.6) is 0 Å². The fourth-order valence-corrected chi connectivity index (χ4v) is 2.34. The van der Waals surface area contributed by atoms with Crippen LogP contribution in [-0.4, -0.2) is 53.8 Å². The Bertz CT molecular complexity index is 401. The normalized spacial score (nSPS) is 18.6. The molecule has 1 aromatic heterocycles. The third-order valence-electron chi connectivity index (χ3n) is 2.73. The van der Waals surface area contributed by atoms with E-state index < -0.39 is 0 Å². The Morgan fingerprint density at radius 2 is 2.28 bits per heavy atom. The summed E-state index contributed by atoms with van der Waals surface area (Å²) in [5.74, 6) is 0.732. The van der Waals surface area contributed by atoms with E-state index >= 15 is 0 Å². The number of hydrogen-bond acceptors (Lipinski definition) is 5. The summed E-state index contributed by atoms with van der Waals surface area (Å²) < 4.78 is 6.15. The molecule has 1 N–H and O–H groups in total. The van der Waals surface area contributed by atoms with Crippen molar-refractivity contribution in [2.24, 2.45) is 0 Å². The molecule has 1 aliphatic heterocycles. The fraction of sp³-hybridized carbons (Fsp3) is 0.636. The highest BCUT2D eigenvalue weighted by molar-refractivity contribution is 9.10. The molecule has 0 aromatic carbocycles. The Labute approximate surface area is 120 Å². The van der Waals surface area contributed by atoms with Gasteiger partial charge in [0, 0.05) is 31.9 Å². The molecule has 0 bridgehead atoms. The lowest BCUT2D eigenvalue weighted by atomic mass is 10.3. The molecule has 18 heavy (non-hydrogen) atoms. The molecule has 1 aromatic rings. The van der Waals surface area contributed by atoms with Gasteiger partial charge in [-0.25, -0.2) is 4.98 Å². The molecule has 7 heteroatoms. The smallest absolute Gasteiger partial charge is 0.224 e. The molecule has 0 radical (unpaired) electrons. The number of nitrogens with one attached hydrogen (secondary N) is 1. The summed E-state index contributed by atoms with van der Waals surface area (Å²) >= 11 is 9.19. The van der Waals surface area contributed by atoms with Crippen LogP contribution in [0.1, 0.15) is 6.92 Å². The Balaban J connectivity index is 1.89. The molecule has 1 atom stereocenters. The molecule has 2 heterocycles. The molecule has 1 unspecified atom stereocenters. The summed E-state index contributed by atoms with van der Waals surface area (Å²) in [7, 11) is 0. The molecule has 0 amide bonds. The van der Waals surface area contributed by atoms with Crippen LogP contribution in [0, 0.1) is 0 Å². The van der Waals surface area contributed by atoms with E-state index in [-0.39, 0.29) is 11.3 Å². The van der Waals surface area contributed by atoms with Gasteiger partial charge in [-0.3, -0.25) is 4.90 Å². The van der Waals surface area contributed by atoms with Crippen molar-refractivity contribution in [3.63, 3.8) is 0 Å². The van der Waals surface area contributed by atoms with Gasteiger partial charge in [0.2, 0.25) is 5.28 Å². The Kier molecular flexibility index (Phi) is 5.17. The standard InChI is InChI=1S/C11H16BrClN4O/c1-8(7-17-2-4-18-5-3-17)15-10-9(12)6-14-11(13)16-10/h6,8H,2-5,7H2,1H3,(H,14,15,16). The molecule has 100 valence electrons. The van der Waals surface area contributed by atoms with Crippen LogP contribution in [0.3, 0.4) is 0 Å². The summed E-state index contributed by atoms with van der Waals surface area (Å²) in [6.07, 6.45) is 1.65. The zero-order chi connectivity index (χ0) is 13.0. The minimum absolute atomic E-state index is 0.249. The maximum atomic E-state index is 5.78. The highest BCUT2D eigenvalue weighted by atomic mass is 79.9. The van der Waals surface area contributed by atoms with Crippen molar-refractivity contribution >= 4 is 33.3 Å². The molecular formula is C11H16BrClN4O. The van der Waals surface area contributed by atoms with Crippen LogP contribution in [0.15, 0.2) is 10.7 Å². The zero-order valence-electron chi connectivity index (χ0n) is 10.2. The van der Waals surface area contributed by atoms with Crippen LogP contribution in [0.4, 0.5) is 5.82 Å². The summed E-state index contributed by atoms with van der Waals surface area (Å²) in [4.78, 5) is 10.4. The van der Waals surface area contributed by atoms with Gasteiger partial charge in [-0.2, -0.15) is 4.98 Å². The molecule has 1 aliphatic rings. The molecular weight excluding hydrogens is 320 g/mol. The monoisotopic (exact) mass is 334 g/mol. The van der Waals surface area contributed by atoms with Crippen molar-refractivity contribution in [2.75, 3.05) is 38.2 Å². The van der Waals surface area contributed by atoms with E-state index in [2.05, 4.69) is 43.0 Å². The SMILES string of the molecule is CC(CN1CCOCC1)Nc1nc(Cl)ncc1Br. The first-order valence-electron chi connectivity index (χ1n) is 5.90. The average molecular weight is 336 g/mol. The van der Waals surface area contributed by atoms with Crippen LogP contribution in [-0.2, 0) is 4.74 Å². The molecule has 5 nitrogen and oxygen atoms in total. The Hall–Kier alpha value is -0.430. The van der Waals surface area contributed by atoms with Gasteiger partial charge in [0.05, 0.1) is 17.7 Å². The first-order chi connectivity index (χ1) is 8.65. The van der Waals surface area contributed by atoms with Crippen molar-refractivity contribution in [1.29, 1.82) is 0 Å². The van der Waals surface area contributed by atoms with Crippen molar-refractivity contribution in [3.8, 4) is 0 Å². The van der Waals surface area contributed by atoms with E-state index in [4.69, 9.17) is 16.3 Å². The van der Waals surface area contributed by atoms with E-state index in [1.165, 1.54) is 0 Å². The minimum atomic E-state index is 0.249. The van der Waals surface area contributed by atoms with Gasteiger partial charge in [-0.15, -0.1) is 0 Å². The van der Waals surface area contributed by atoms with Crippen LogP contribution in [0.2, 0.25) is 5.28 Å². The minimum Gasteiger partial charge on any atom is -0.379 e. The predicted octanol–water partition coefficient (Wildman–Crippen LogP) is 2.03. The molecule has 0 spiro atoms. The predicted molar refractivity (Wildman–Crippen MR) is 75.1 cm³/mol. The fourth-order valence-electron chi connectivity index (χ4n) is 1.90. The quantitative estimate of drug-likeness (QED) is 0.853. The highest BCUT2D eigenvalue weighted by Gasteiger charge is 2.14. The van der Waals surface area contributed by atoms with Gasteiger partial charge >= 0.3 is 0 Å². The van der Waals surface area contributed by atoms with Gasteiger partial charge in [-0.05, 0) is 34.5 Å². The molecule has 0 saturated carbocycles. The number of aromatic nitrogens is 2. The number of ether oxygens (including phenoxy) is 1. The average Bonchev–Trinajstić information content (AvgIpc) is 2.35. The largest absolute Gasteiger partial charge is 0.379 e. The van der Waals surface area contributed by atoms with Crippen molar-refractivity contribution < 1.29 is 4.74 Å². The number of anilines is 1. The summed E-state index contributed by atoms with van der Waals surface area (Å²) in [5, 5.41) is 3.58. The number of morpholine rings is 1. The van der Waals surface area contributed by atoms with Crippen molar-refractivity contribution in [3.05, 3.63) is 16.0 Å².